The van der Waals surface area contributed by atoms with Gasteiger partial charge in [-0.3, -0.25) is 4.79 Å². The van der Waals surface area contributed by atoms with E-state index in [9.17, 15) is 13.6 Å². The third kappa shape index (κ3) is 3.24. The van der Waals surface area contributed by atoms with Gasteiger partial charge in [0.1, 0.15) is 22.2 Å². The van der Waals surface area contributed by atoms with Crippen molar-refractivity contribution in [3.63, 3.8) is 0 Å². The minimum Gasteiger partial charge on any atom is -0.319 e. The summed E-state index contributed by atoms with van der Waals surface area (Å²) < 4.78 is 30.3. The molecule has 0 saturated carbocycles. The quantitative estimate of drug-likeness (QED) is 0.788. The molecule has 0 radical (unpaired) electrons. The lowest BCUT2D eigenvalue weighted by Gasteiger charge is -2.06. The van der Waals surface area contributed by atoms with E-state index in [1.807, 2.05) is 31.2 Å². The lowest BCUT2D eigenvalue weighted by molar-refractivity contribution is 0.103. The van der Waals surface area contributed by atoms with Crippen molar-refractivity contribution in [2.24, 2.45) is 0 Å². The van der Waals surface area contributed by atoms with Gasteiger partial charge >= 0.3 is 0 Å². The van der Waals surface area contributed by atoms with Crippen LogP contribution in [0.15, 0.2) is 42.5 Å². The number of aryl methyl sites for hydroxylation is 1. The van der Waals surface area contributed by atoms with Gasteiger partial charge in [-0.1, -0.05) is 34.3 Å². The van der Waals surface area contributed by atoms with Crippen LogP contribution >= 0.6 is 11.5 Å². The van der Waals surface area contributed by atoms with E-state index in [-0.39, 0.29) is 10.6 Å². The molecular weight excluding hydrogens is 320 g/mol. The van der Waals surface area contributed by atoms with Crippen LogP contribution in [0.25, 0.3) is 11.3 Å². The molecule has 0 saturated heterocycles. The second-order valence-electron chi connectivity index (χ2n) is 4.89. The number of aromatic nitrogens is 2. The number of nitrogens with one attached hydrogen (secondary N) is 1. The maximum Gasteiger partial charge on any atom is 0.269 e. The predicted molar refractivity (Wildman–Crippen MR) is 84.4 cm³/mol. The minimum atomic E-state index is -0.840. The monoisotopic (exact) mass is 331 g/mol. The van der Waals surface area contributed by atoms with E-state index in [4.69, 9.17) is 0 Å². The first-order chi connectivity index (χ1) is 11.0. The molecule has 0 spiro atoms. The number of anilines is 1. The van der Waals surface area contributed by atoms with Gasteiger partial charge in [-0.25, -0.2) is 8.78 Å². The van der Waals surface area contributed by atoms with Gasteiger partial charge < -0.3 is 5.32 Å². The Morgan fingerprint density at radius 3 is 2.57 bits per heavy atom. The molecule has 1 amide bonds. The number of rotatable bonds is 3. The summed E-state index contributed by atoms with van der Waals surface area (Å²) in [6.45, 7) is 1.95. The average Bonchev–Trinajstić information content (AvgIpc) is 3.00. The summed E-state index contributed by atoms with van der Waals surface area (Å²) in [6.07, 6.45) is 0. The van der Waals surface area contributed by atoms with Crippen LogP contribution in [0, 0.1) is 18.6 Å². The molecule has 7 heteroatoms. The third-order valence-electron chi connectivity index (χ3n) is 3.20. The van der Waals surface area contributed by atoms with Crippen molar-refractivity contribution in [3.05, 3.63) is 64.5 Å². The molecule has 2 aromatic carbocycles. The number of benzene rings is 2. The van der Waals surface area contributed by atoms with Crippen molar-refractivity contribution in [1.82, 2.24) is 9.59 Å². The smallest absolute Gasteiger partial charge is 0.269 e. The van der Waals surface area contributed by atoms with E-state index in [0.29, 0.717) is 11.8 Å². The van der Waals surface area contributed by atoms with Crippen LogP contribution in [-0.4, -0.2) is 15.5 Å². The van der Waals surface area contributed by atoms with Crippen LogP contribution in [0.3, 0.4) is 0 Å². The molecule has 0 bridgehead atoms. The van der Waals surface area contributed by atoms with Crippen molar-refractivity contribution in [3.8, 4) is 11.3 Å². The fourth-order valence-corrected chi connectivity index (χ4v) is 2.59. The topological polar surface area (TPSA) is 54.9 Å². The predicted octanol–water partition coefficient (Wildman–Crippen LogP) is 4.04. The lowest BCUT2D eigenvalue weighted by atomic mass is 10.1. The number of amides is 1. The average molecular weight is 331 g/mol. The Hall–Kier alpha value is -2.67. The Bertz CT molecular complexity index is 862. The largest absolute Gasteiger partial charge is 0.319 e. The number of nitrogens with zero attached hydrogens (tertiary/aromatic N) is 2. The summed E-state index contributed by atoms with van der Waals surface area (Å²) in [7, 11) is 0. The van der Waals surface area contributed by atoms with E-state index in [1.54, 1.807) is 0 Å². The Morgan fingerprint density at radius 2 is 1.87 bits per heavy atom. The number of halogens is 2. The van der Waals surface area contributed by atoms with Crippen molar-refractivity contribution >= 4 is 23.1 Å². The first kappa shape index (κ1) is 15.2. The summed E-state index contributed by atoms with van der Waals surface area (Å²) in [5.74, 6) is -2.09. The summed E-state index contributed by atoms with van der Waals surface area (Å²) in [6, 6.07) is 10.4. The summed E-state index contributed by atoms with van der Waals surface area (Å²) in [5, 5.41) is 6.38. The highest BCUT2D eigenvalue weighted by Crippen LogP contribution is 2.25. The van der Waals surface area contributed by atoms with Gasteiger partial charge in [0.25, 0.3) is 5.91 Å². The maximum atomic E-state index is 13.6. The standard InChI is InChI=1S/C16H11F2N3OS/c1-9-2-4-10(5-3-9)14-15(23-21-20-14)16(22)19-13-7-6-11(17)8-12(13)18/h2-8H,1H3,(H,19,22). The fraction of sp³-hybridized carbons (Fsp3) is 0.0625. The van der Waals surface area contributed by atoms with Crippen LogP contribution in [0.5, 0.6) is 0 Å². The molecule has 23 heavy (non-hydrogen) atoms. The molecule has 4 nitrogen and oxygen atoms in total. The first-order valence-corrected chi connectivity index (χ1v) is 7.48. The highest BCUT2D eigenvalue weighted by molar-refractivity contribution is 7.08. The molecule has 3 rings (SSSR count). The Labute approximate surface area is 135 Å². The van der Waals surface area contributed by atoms with Gasteiger partial charge in [-0.15, -0.1) is 5.10 Å². The molecule has 0 aliphatic rings. The van der Waals surface area contributed by atoms with Crippen LogP contribution in [0.4, 0.5) is 14.5 Å². The molecule has 1 heterocycles. The van der Waals surface area contributed by atoms with Crippen LogP contribution in [-0.2, 0) is 0 Å². The van der Waals surface area contributed by atoms with Crippen molar-refractivity contribution < 1.29 is 13.6 Å². The molecule has 0 fully saturated rings. The summed E-state index contributed by atoms with van der Waals surface area (Å²) >= 11 is 0.915. The molecule has 1 aromatic heterocycles. The van der Waals surface area contributed by atoms with Crippen molar-refractivity contribution in [1.29, 1.82) is 0 Å². The second-order valence-corrected chi connectivity index (χ2v) is 5.65. The van der Waals surface area contributed by atoms with Gasteiger partial charge in [0.15, 0.2) is 0 Å². The zero-order valence-corrected chi connectivity index (χ0v) is 12.8. The number of hydrogen-bond acceptors (Lipinski definition) is 4. The number of carbonyl (C=O) groups excluding carboxylic acids is 1. The van der Waals surface area contributed by atoms with E-state index in [2.05, 4.69) is 14.9 Å². The third-order valence-corrected chi connectivity index (χ3v) is 3.92. The Kier molecular flexibility index (Phi) is 4.12. The number of carbonyl (C=O) groups is 1. The highest BCUT2D eigenvalue weighted by Gasteiger charge is 2.19. The van der Waals surface area contributed by atoms with E-state index >= 15 is 0 Å². The molecule has 116 valence electrons. The number of hydrogen-bond donors (Lipinski definition) is 1. The highest BCUT2D eigenvalue weighted by atomic mass is 32.1. The zero-order valence-electron chi connectivity index (χ0n) is 12.0. The Balaban J connectivity index is 1.89. The summed E-state index contributed by atoms with van der Waals surface area (Å²) in [5.41, 5.74) is 2.15. The van der Waals surface area contributed by atoms with E-state index in [1.165, 1.54) is 6.07 Å². The van der Waals surface area contributed by atoms with Gasteiger partial charge in [-0.2, -0.15) is 0 Å². The van der Waals surface area contributed by atoms with Crippen molar-refractivity contribution in [2.75, 3.05) is 5.32 Å². The molecule has 0 atom stereocenters. The molecule has 0 unspecified atom stereocenters. The molecule has 1 N–H and O–H groups in total. The Morgan fingerprint density at radius 1 is 1.13 bits per heavy atom. The van der Waals surface area contributed by atoms with Crippen LogP contribution < -0.4 is 5.32 Å². The van der Waals surface area contributed by atoms with E-state index in [0.717, 1.165) is 28.7 Å². The molecule has 3 aromatic rings. The molecule has 0 aliphatic carbocycles. The minimum absolute atomic E-state index is 0.0975. The lowest BCUT2D eigenvalue weighted by Crippen LogP contribution is -2.12. The van der Waals surface area contributed by atoms with Crippen LogP contribution in [0.2, 0.25) is 0 Å². The van der Waals surface area contributed by atoms with Gasteiger partial charge in [-0.05, 0) is 30.6 Å². The van der Waals surface area contributed by atoms with Gasteiger partial charge in [0, 0.05) is 11.6 Å². The first-order valence-electron chi connectivity index (χ1n) is 6.70. The normalized spacial score (nSPS) is 10.6. The van der Waals surface area contributed by atoms with Gasteiger partial charge in [0.2, 0.25) is 0 Å². The second kappa shape index (κ2) is 6.21. The molecule has 0 aliphatic heterocycles. The SMILES string of the molecule is Cc1ccc(-c2nnsc2C(=O)Nc2ccc(F)cc2F)cc1. The zero-order chi connectivity index (χ0) is 16.4. The van der Waals surface area contributed by atoms with E-state index < -0.39 is 17.5 Å². The fourth-order valence-electron chi connectivity index (χ4n) is 2.01. The molecular formula is C16H11F2N3OS. The van der Waals surface area contributed by atoms with Crippen molar-refractivity contribution in [2.45, 2.75) is 6.92 Å². The van der Waals surface area contributed by atoms with Crippen LogP contribution in [0.1, 0.15) is 15.2 Å². The summed E-state index contributed by atoms with van der Waals surface area (Å²) in [4.78, 5) is 12.6. The maximum absolute atomic E-state index is 13.6. The van der Waals surface area contributed by atoms with Gasteiger partial charge in [0.05, 0.1) is 5.69 Å².